The van der Waals surface area contributed by atoms with E-state index in [0.29, 0.717) is 23.8 Å². The lowest BCUT2D eigenvalue weighted by Crippen LogP contribution is -2.43. The van der Waals surface area contributed by atoms with Crippen LogP contribution in [0.4, 0.5) is 0 Å². The van der Waals surface area contributed by atoms with E-state index in [9.17, 15) is 4.79 Å². The smallest absolute Gasteiger partial charge is 0.290 e. The van der Waals surface area contributed by atoms with E-state index in [1.54, 1.807) is 0 Å². The fourth-order valence-corrected chi connectivity index (χ4v) is 4.30. The summed E-state index contributed by atoms with van der Waals surface area (Å²) in [7, 11) is 0. The highest BCUT2D eigenvalue weighted by atomic mass is 16.3. The second-order valence-corrected chi connectivity index (χ2v) is 8.12. The van der Waals surface area contributed by atoms with Gasteiger partial charge in [-0.15, -0.1) is 0 Å². The number of hydrogen-bond acceptors (Lipinski definition) is 5. The summed E-state index contributed by atoms with van der Waals surface area (Å²) in [6.45, 7) is 4.05. The Bertz CT molecular complexity index is 445. The normalized spacial score (nSPS) is 25.8. The van der Waals surface area contributed by atoms with E-state index in [1.165, 1.54) is 64.6 Å². The molecule has 1 aliphatic heterocycles. The van der Waals surface area contributed by atoms with Gasteiger partial charge in [0.15, 0.2) is 0 Å². The second-order valence-electron chi connectivity index (χ2n) is 8.12. The fourth-order valence-electron chi connectivity index (χ4n) is 4.30. The van der Waals surface area contributed by atoms with Crippen molar-refractivity contribution in [3.63, 3.8) is 0 Å². The molecule has 3 aliphatic rings. The van der Waals surface area contributed by atoms with Crippen molar-refractivity contribution in [1.82, 2.24) is 10.2 Å². The predicted molar refractivity (Wildman–Crippen MR) is 107 cm³/mol. The van der Waals surface area contributed by atoms with Crippen LogP contribution in [0.3, 0.4) is 0 Å². The van der Waals surface area contributed by atoms with Crippen molar-refractivity contribution in [2.45, 2.75) is 63.8 Å². The second kappa shape index (κ2) is 14.3. The summed E-state index contributed by atoms with van der Waals surface area (Å²) in [5.74, 6) is 2.15. The van der Waals surface area contributed by atoms with Crippen molar-refractivity contribution in [3.8, 4) is 0 Å². The molecule has 0 spiro atoms. The van der Waals surface area contributed by atoms with E-state index >= 15 is 0 Å². The first kappa shape index (κ1) is 24.4. The molecule has 0 radical (unpaired) electrons. The van der Waals surface area contributed by atoms with Crippen molar-refractivity contribution in [3.05, 3.63) is 0 Å². The van der Waals surface area contributed by atoms with Crippen molar-refractivity contribution >= 4 is 18.9 Å². The highest BCUT2D eigenvalue weighted by Crippen LogP contribution is 2.27. The van der Waals surface area contributed by atoms with Crippen LogP contribution in [-0.4, -0.2) is 66.2 Å². The van der Waals surface area contributed by atoms with Crippen LogP contribution in [0.25, 0.3) is 0 Å². The summed E-state index contributed by atoms with van der Waals surface area (Å²) in [5.41, 5.74) is 6.10. The predicted octanol–water partition coefficient (Wildman–Crippen LogP) is 1.53. The van der Waals surface area contributed by atoms with Gasteiger partial charge in [-0.2, -0.15) is 0 Å². The van der Waals surface area contributed by atoms with Gasteiger partial charge in [0.2, 0.25) is 5.91 Å². The lowest BCUT2D eigenvalue weighted by atomic mass is 9.84. The number of rotatable bonds is 5. The molecule has 0 aromatic rings. The average molecular weight is 400 g/mol. The van der Waals surface area contributed by atoms with Crippen LogP contribution < -0.4 is 11.1 Å². The number of carbonyl (C=O) groups is 3. The van der Waals surface area contributed by atoms with Crippen LogP contribution in [0.1, 0.15) is 57.8 Å². The molecule has 8 nitrogen and oxygen atoms in total. The van der Waals surface area contributed by atoms with Gasteiger partial charge in [0.05, 0.1) is 0 Å². The zero-order chi connectivity index (χ0) is 20.8. The minimum atomic E-state index is -0.250. The van der Waals surface area contributed by atoms with Crippen molar-refractivity contribution < 1.29 is 24.6 Å². The number of hydrogen-bond donors (Lipinski definition) is 4. The molecule has 0 unspecified atom stereocenters. The lowest BCUT2D eigenvalue weighted by molar-refractivity contribution is -0.127. The summed E-state index contributed by atoms with van der Waals surface area (Å²) in [6.07, 6.45) is 11.0. The molecule has 2 aliphatic carbocycles. The first-order chi connectivity index (χ1) is 13.5. The van der Waals surface area contributed by atoms with Gasteiger partial charge in [-0.25, -0.2) is 0 Å². The molecule has 0 aromatic carbocycles. The molecule has 1 saturated heterocycles. The maximum Gasteiger partial charge on any atom is 0.290 e. The first-order valence-electron chi connectivity index (χ1n) is 10.4. The van der Waals surface area contributed by atoms with E-state index < -0.39 is 0 Å². The van der Waals surface area contributed by atoms with E-state index in [2.05, 4.69) is 10.2 Å². The summed E-state index contributed by atoms with van der Waals surface area (Å²) < 4.78 is 0. The third-order valence-electron chi connectivity index (χ3n) is 6.09. The molecule has 5 N–H and O–H groups in total. The molecule has 0 aromatic heterocycles. The van der Waals surface area contributed by atoms with Gasteiger partial charge in [0, 0.05) is 25.0 Å². The summed E-state index contributed by atoms with van der Waals surface area (Å²) in [5, 5.41) is 17.0. The number of nitrogens with two attached hydrogens (primary N) is 1. The third-order valence-corrected chi connectivity index (χ3v) is 6.09. The molecule has 1 amide bonds. The molecule has 0 bridgehead atoms. The van der Waals surface area contributed by atoms with Gasteiger partial charge >= 0.3 is 0 Å². The van der Waals surface area contributed by atoms with E-state index in [1.807, 2.05) is 0 Å². The SMILES string of the molecule is N[C@H]1CCC[C@@H](CN2CCC(CNC(=O)C3CCC3)CC2)C1.O=CO.O=CO. The molecule has 28 heavy (non-hydrogen) atoms. The van der Waals surface area contributed by atoms with E-state index in [0.717, 1.165) is 25.3 Å². The van der Waals surface area contributed by atoms with Gasteiger partial charge in [-0.3, -0.25) is 14.4 Å². The average Bonchev–Trinajstić information content (AvgIpc) is 2.61. The van der Waals surface area contributed by atoms with Gasteiger partial charge in [0.25, 0.3) is 12.9 Å². The Hall–Kier alpha value is -1.67. The summed E-state index contributed by atoms with van der Waals surface area (Å²) in [6, 6.07) is 0.443. The molecule has 1 heterocycles. The zero-order valence-corrected chi connectivity index (χ0v) is 16.8. The molecule has 8 heteroatoms. The highest BCUT2D eigenvalue weighted by molar-refractivity contribution is 5.79. The Morgan fingerprint density at radius 1 is 0.964 bits per heavy atom. The molecule has 162 valence electrons. The quantitative estimate of drug-likeness (QED) is 0.515. The molecular formula is C20H37N3O5. The van der Waals surface area contributed by atoms with Crippen LogP contribution in [0, 0.1) is 17.8 Å². The zero-order valence-electron chi connectivity index (χ0n) is 16.8. The number of piperidine rings is 1. The number of likely N-dealkylation sites (tertiary alicyclic amines) is 1. The van der Waals surface area contributed by atoms with Crippen LogP contribution in [0.5, 0.6) is 0 Å². The fraction of sp³-hybridized carbons (Fsp3) is 0.850. The van der Waals surface area contributed by atoms with E-state index in [4.69, 9.17) is 25.5 Å². The molecule has 3 rings (SSSR count). The molecule has 2 atom stereocenters. The van der Waals surface area contributed by atoms with Crippen LogP contribution in [-0.2, 0) is 14.4 Å². The van der Waals surface area contributed by atoms with Crippen molar-refractivity contribution in [2.75, 3.05) is 26.2 Å². The van der Waals surface area contributed by atoms with Gasteiger partial charge in [-0.05, 0) is 69.9 Å². The van der Waals surface area contributed by atoms with Crippen LogP contribution in [0.15, 0.2) is 0 Å². The van der Waals surface area contributed by atoms with Gasteiger partial charge in [-0.1, -0.05) is 12.8 Å². The summed E-state index contributed by atoms with van der Waals surface area (Å²) >= 11 is 0. The highest BCUT2D eigenvalue weighted by Gasteiger charge is 2.27. The third kappa shape index (κ3) is 9.50. The number of nitrogens with zero attached hydrogens (tertiary/aromatic N) is 1. The molecule has 2 saturated carbocycles. The maximum atomic E-state index is 11.9. The summed E-state index contributed by atoms with van der Waals surface area (Å²) in [4.78, 5) is 31.2. The maximum absolute atomic E-state index is 11.9. The Morgan fingerprint density at radius 3 is 2.04 bits per heavy atom. The van der Waals surface area contributed by atoms with E-state index in [-0.39, 0.29) is 12.9 Å². The Labute approximate surface area is 167 Å². The number of amides is 1. The Morgan fingerprint density at radius 2 is 1.54 bits per heavy atom. The number of carbonyl (C=O) groups excluding carboxylic acids is 1. The Balaban J connectivity index is 0.000000582. The number of carboxylic acid groups (broad SMARTS) is 2. The lowest BCUT2D eigenvalue weighted by Gasteiger charge is -2.36. The van der Waals surface area contributed by atoms with Crippen LogP contribution in [0.2, 0.25) is 0 Å². The first-order valence-corrected chi connectivity index (χ1v) is 10.4. The molecular weight excluding hydrogens is 362 g/mol. The topological polar surface area (TPSA) is 133 Å². The van der Waals surface area contributed by atoms with Crippen molar-refractivity contribution in [1.29, 1.82) is 0 Å². The van der Waals surface area contributed by atoms with Crippen molar-refractivity contribution in [2.24, 2.45) is 23.5 Å². The van der Waals surface area contributed by atoms with Crippen LogP contribution >= 0.6 is 0 Å². The largest absolute Gasteiger partial charge is 0.483 e. The van der Waals surface area contributed by atoms with Gasteiger partial charge < -0.3 is 26.2 Å². The Kier molecular flexibility index (Phi) is 12.5. The van der Waals surface area contributed by atoms with Gasteiger partial charge in [0.1, 0.15) is 0 Å². The monoisotopic (exact) mass is 399 g/mol. The minimum Gasteiger partial charge on any atom is -0.483 e. The number of nitrogens with one attached hydrogen (secondary N) is 1. The standard InChI is InChI=1S/C18H33N3O.2CH2O2/c19-17-6-1-3-15(11-17)13-21-9-7-14(8-10-21)12-20-18(22)16-4-2-5-16;2*2-1-3/h14-17H,1-13,19H2,(H,20,22);2*1H,(H,2,3)/t15-,17+;;/m1../s1. The molecule has 3 fully saturated rings. The minimum absolute atomic E-state index is 0.250.